The fourth-order valence-electron chi connectivity index (χ4n) is 4.52. The van der Waals surface area contributed by atoms with E-state index < -0.39 is 0 Å². The molecule has 36 heavy (non-hydrogen) atoms. The summed E-state index contributed by atoms with van der Waals surface area (Å²) in [5, 5.41) is 8.42. The zero-order valence-electron chi connectivity index (χ0n) is 21.2. The van der Waals surface area contributed by atoms with Crippen LogP contribution in [0.15, 0.2) is 66.9 Å². The summed E-state index contributed by atoms with van der Waals surface area (Å²) in [6, 6.07) is 19.8. The number of aromatic nitrogens is 3. The Kier molecular flexibility index (Phi) is 8.75. The first-order valence-corrected chi connectivity index (χ1v) is 12.5. The molecular weight excluding hydrogens is 452 g/mol. The molecule has 1 amide bonds. The second-order valence-electron chi connectivity index (χ2n) is 9.41. The minimum Gasteiger partial charge on any atom is -0.481 e. The van der Waals surface area contributed by atoms with E-state index in [1.807, 2.05) is 85.5 Å². The Morgan fingerprint density at radius 3 is 2.61 bits per heavy atom. The lowest BCUT2D eigenvalue weighted by atomic mass is 9.99. The molecule has 0 spiro atoms. The van der Waals surface area contributed by atoms with Gasteiger partial charge in [-0.2, -0.15) is 0 Å². The van der Waals surface area contributed by atoms with Gasteiger partial charge in [-0.3, -0.25) is 4.79 Å². The molecule has 3 aromatic rings. The first kappa shape index (κ1) is 25.5. The van der Waals surface area contributed by atoms with Crippen molar-refractivity contribution in [2.75, 3.05) is 13.7 Å². The molecule has 2 heterocycles. The van der Waals surface area contributed by atoms with Crippen molar-refractivity contribution in [3.8, 4) is 17.6 Å². The van der Waals surface area contributed by atoms with Crippen LogP contribution < -0.4 is 4.74 Å². The van der Waals surface area contributed by atoms with Gasteiger partial charge in [-0.25, -0.2) is 4.68 Å². The van der Waals surface area contributed by atoms with E-state index in [1.165, 1.54) is 0 Å². The quantitative estimate of drug-likeness (QED) is 0.417. The lowest BCUT2D eigenvalue weighted by molar-refractivity contribution is -0.139. The molecule has 7 nitrogen and oxygen atoms in total. The van der Waals surface area contributed by atoms with Crippen LogP contribution in [-0.4, -0.2) is 51.7 Å². The summed E-state index contributed by atoms with van der Waals surface area (Å²) in [5.41, 5.74) is 1.74. The molecule has 2 aromatic carbocycles. The second-order valence-corrected chi connectivity index (χ2v) is 9.41. The van der Waals surface area contributed by atoms with Crippen molar-refractivity contribution in [2.24, 2.45) is 5.92 Å². The van der Waals surface area contributed by atoms with Gasteiger partial charge < -0.3 is 14.4 Å². The molecular formula is C29H34N4O3. The van der Waals surface area contributed by atoms with Gasteiger partial charge in [0, 0.05) is 13.6 Å². The van der Waals surface area contributed by atoms with Crippen LogP contribution in [0.4, 0.5) is 0 Å². The fraction of sp³-hybridized carbons (Fsp3) is 0.414. The molecule has 0 radical (unpaired) electrons. The Balaban J connectivity index is 1.23. The highest BCUT2D eigenvalue weighted by Gasteiger charge is 2.35. The van der Waals surface area contributed by atoms with Crippen molar-refractivity contribution in [1.29, 1.82) is 0 Å². The van der Waals surface area contributed by atoms with E-state index in [4.69, 9.17) is 9.47 Å². The highest BCUT2D eigenvalue weighted by Crippen LogP contribution is 2.31. The Morgan fingerprint density at radius 2 is 1.86 bits per heavy atom. The number of ether oxygens (including phenoxy) is 2. The van der Waals surface area contributed by atoms with Gasteiger partial charge in [0.05, 0.1) is 30.4 Å². The minimum absolute atomic E-state index is 0.0605. The number of amides is 1. The number of nitrogens with zero attached hydrogens (tertiary/aromatic N) is 4. The Labute approximate surface area is 213 Å². The first-order chi connectivity index (χ1) is 17.5. The van der Waals surface area contributed by atoms with Crippen LogP contribution in [0, 0.1) is 17.8 Å². The van der Waals surface area contributed by atoms with Gasteiger partial charge in [0.2, 0.25) is 5.91 Å². The first-order valence-electron chi connectivity index (χ1n) is 12.5. The average Bonchev–Trinajstić information content (AvgIpc) is 3.57. The van der Waals surface area contributed by atoms with E-state index in [-0.39, 0.29) is 30.1 Å². The monoisotopic (exact) mass is 486 g/mol. The van der Waals surface area contributed by atoms with Crippen LogP contribution in [0.1, 0.15) is 50.4 Å². The number of hydrogen-bond donors (Lipinski definition) is 0. The minimum atomic E-state index is -0.176. The van der Waals surface area contributed by atoms with Gasteiger partial charge in [-0.1, -0.05) is 66.6 Å². The molecule has 0 unspecified atom stereocenters. The maximum Gasteiger partial charge on any atom is 0.228 e. The molecule has 1 aliphatic heterocycles. The van der Waals surface area contributed by atoms with Crippen LogP contribution >= 0.6 is 0 Å². The Morgan fingerprint density at radius 1 is 1.14 bits per heavy atom. The molecule has 0 N–H and O–H groups in total. The van der Waals surface area contributed by atoms with Crippen molar-refractivity contribution in [3.63, 3.8) is 0 Å². The third kappa shape index (κ3) is 6.96. The van der Waals surface area contributed by atoms with Crippen LogP contribution in [0.3, 0.4) is 0 Å². The molecule has 1 fully saturated rings. The maximum atomic E-state index is 13.0. The van der Waals surface area contributed by atoms with E-state index in [0.717, 1.165) is 30.6 Å². The average molecular weight is 487 g/mol. The SMILES string of the molecule is C[C@H](C[C@@H]1CC[C@H]([C@@H](C)C(=O)N(C)Cc2ccccc2)O1)n1cc(C#CCOc2ccccc2)nn1. The smallest absolute Gasteiger partial charge is 0.228 e. The van der Waals surface area contributed by atoms with Crippen molar-refractivity contribution >= 4 is 5.91 Å². The molecule has 188 valence electrons. The molecule has 7 heteroatoms. The van der Waals surface area contributed by atoms with E-state index >= 15 is 0 Å². The molecule has 1 saturated heterocycles. The molecule has 1 aliphatic rings. The Hall–Kier alpha value is -3.63. The van der Waals surface area contributed by atoms with Gasteiger partial charge in [0.1, 0.15) is 12.4 Å². The Bertz CT molecular complexity index is 1170. The summed E-state index contributed by atoms with van der Waals surface area (Å²) in [6.07, 6.45) is 4.53. The highest BCUT2D eigenvalue weighted by molar-refractivity contribution is 5.78. The number of carbonyl (C=O) groups is 1. The van der Waals surface area contributed by atoms with E-state index in [2.05, 4.69) is 29.1 Å². The maximum absolute atomic E-state index is 13.0. The zero-order chi connectivity index (χ0) is 25.3. The zero-order valence-corrected chi connectivity index (χ0v) is 21.2. The molecule has 1 aromatic heterocycles. The molecule has 4 atom stereocenters. The summed E-state index contributed by atoms with van der Waals surface area (Å²) in [6.45, 7) is 4.97. The summed E-state index contributed by atoms with van der Waals surface area (Å²) in [4.78, 5) is 14.8. The van der Waals surface area contributed by atoms with Crippen LogP contribution in [-0.2, 0) is 16.1 Å². The lowest BCUT2D eigenvalue weighted by Crippen LogP contribution is -2.37. The van der Waals surface area contributed by atoms with Gasteiger partial charge in [-0.15, -0.1) is 5.10 Å². The third-order valence-corrected chi connectivity index (χ3v) is 6.56. The summed E-state index contributed by atoms with van der Waals surface area (Å²) in [7, 11) is 1.86. The summed E-state index contributed by atoms with van der Waals surface area (Å²) in [5.74, 6) is 6.72. The van der Waals surface area contributed by atoms with Crippen LogP contribution in [0.25, 0.3) is 0 Å². The number of carbonyl (C=O) groups excluding carboxylic acids is 1. The largest absolute Gasteiger partial charge is 0.481 e. The lowest BCUT2D eigenvalue weighted by Gasteiger charge is -2.26. The van der Waals surface area contributed by atoms with E-state index in [0.29, 0.717) is 18.8 Å². The fourth-order valence-corrected chi connectivity index (χ4v) is 4.52. The highest BCUT2D eigenvalue weighted by atomic mass is 16.5. The summed E-state index contributed by atoms with van der Waals surface area (Å²) >= 11 is 0. The molecule has 0 saturated carbocycles. The van der Waals surface area contributed by atoms with Gasteiger partial charge in [-0.05, 0) is 49.8 Å². The standard InChI is InChI=1S/C29H34N4O3/c1-22(33-21-25(30-31-33)13-10-18-35-26-14-8-5-9-15-26)19-27-16-17-28(36-27)23(2)29(34)32(3)20-24-11-6-4-7-12-24/h4-9,11-12,14-15,21-23,27-28H,16-20H2,1-3H3/t22-,23-,27+,28-/m1/s1. The summed E-state index contributed by atoms with van der Waals surface area (Å²) < 4.78 is 13.7. The predicted molar refractivity (Wildman–Crippen MR) is 138 cm³/mol. The van der Waals surface area contributed by atoms with Crippen molar-refractivity contribution in [1.82, 2.24) is 19.9 Å². The van der Waals surface area contributed by atoms with Crippen molar-refractivity contribution in [3.05, 3.63) is 78.1 Å². The number of benzene rings is 2. The van der Waals surface area contributed by atoms with E-state index in [9.17, 15) is 4.79 Å². The molecule has 4 rings (SSSR count). The second kappa shape index (κ2) is 12.4. The van der Waals surface area contributed by atoms with Crippen LogP contribution in [0.5, 0.6) is 5.75 Å². The van der Waals surface area contributed by atoms with Gasteiger partial charge in [0.25, 0.3) is 0 Å². The van der Waals surface area contributed by atoms with Gasteiger partial charge in [0.15, 0.2) is 5.69 Å². The topological polar surface area (TPSA) is 69.5 Å². The normalized spacial score (nSPS) is 18.6. The van der Waals surface area contributed by atoms with E-state index in [1.54, 1.807) is 4.90 Å². The number of para-hydroxylation sites is 1. The third-order valence-electron chi connectivity index (χ3n) is 6.56. The van der Waals surface area contributed by atoms with Crippen molar-refractivity contribution in [2.45, 2.75) is 57.9 Å². The van der Waals surface area contributed by atoms with Crippen LogP contribution in [0.2, 0.25) is 0 Å². The number of rotatable bonds is 9. The number of hydrogen-bond acceptors (Lipinski definition) is 5. The van der Waals surface area contributed by atoms with Gasteiger partial charge >= 0.3 is 0 Å². The predicted octanol–water partition coefficient (Wildman–Crippen LogP) is 4.50. The molecule has 0 bridgehead atoms. The molecule has 0 aliphatic carbocycles. The van der Waals surface area contributed by atoms with Crippen molar-refractivity contribution < 1.29 is 14.3 Å².